The highest BCUT2D eigenvalue weighted by atomic mass is 35.5. The van der Waals surface area contributed by atoms with E-state index in [1.54, 1.807) is 6.07 Å². The minimum Gasteiger partial charge on any atom is -0.283 e. The van der Waals surface area contributed by atoms with Crippen LogP contribution in [-0.4, -0.2) is 20.5 Å². The van der Waals surface area contributed by atoms with Crippen molar-refractivity contribution in [3.63, 3.8) is 0 Å². The number of benzene rings is 1. The lowest BCUT2D eigenvalue weighted by Crippen LogP contribution is -2.41. The fourth-order valence-corrected chi connectivity index (χ4v) is 3.47. The van der Waals surface area contributed by atoms with Crippen molar-refractivity contribution in [2.45, 2.75) is 25.8 Å². The lowest BCUT2D eigenvalue weighted by Gasteiger charge is -2.18. The number of alkyl halides is 2. The SMILES string of the molecule is N#CCn1c(CCC(F)F)c(-c2ccc(F)c(Cl)c2)c(=O)n(-c2cncc(Cl)c2)c1=O. The molecule has 3 rings (SSSR count). The Morgan fingerprint density at radius 2 is 1.90 bits per heavy atom. The van der Waals surface area contributed by atoms with Crippen LogP contribution in [0.1, 0.15) is 12.1 Å². The monoisotopic (exact) mass is 468 g/mol. The number of nitriles is 1. The van der Waals surface area contributed by atoms with Crippen molar-refractivity contribution in [2.75, 3.05) is 0 Å². The maximum atomic E-state index is 13.7. The van der Waals surface area contributed by atoms with Crippen LogP contribution in [-0.2, 0) is 13.0 Å². The molecular formula is C20H13Cl2F3N4O2. The lowest BCUT2D eigenvalue weighted by atomic mass is 10.0. The molecule has 6 nitrogen and oxygen atoms in total. The molecule has 0 saturated carbocycles. The first-order valence-corrected chi connectivity index (χ1v) is 9.60. The summed E-state index contributed by atoms with van der Waals surface area (Å²) >= 11 is 11.8. The Morgan fingerprint density at radius 1 is 1.16 bits per heavy atom. The van der Waals surface area contributed by atoms with Gasteiger partial charge in [-0.3, -0.25) is 14.3 Å². The topological polar surface area (TPSA) is 80.7 Å². The lowest BCUT2D eigenvalue weighted by molar-refractivity contribution is 0.137. The van der Waals surface area contributed by atoms with Gasteiger partial charge in [0.05, 0.1) is 33.6 Å². The molecule has 0 saturated heterocycles. The summed E-state index contributed by atoms with van der Waals surface area (Å²) in [4.78, 5) is 30.3. The fourth-order valence-electron chi connectivity index (χ4n) is 3.13. The van der Waals surface area contributed by atoms with Crippen LogP contribution < -0.4 is 11.2 Å². The summed E-state index contributed by atoms with van der Waals surface area (Å²) in [6.07, 6.45) is -1.24. The van der Waals surface area contributed by atoms with Crippen molar-refractivity contribution in [3.05, 3.63) is 79.1 Å². The van der Waals surface area contributed by atoms with Gasteiger partial charge in [-0.05, 0) is 30.2 Å². The molecule has 11 heteroatoms. The van der Waals surface area contributed by atoms with E-state index >= 15 is 0 Å². The Morgan fingerprint density at radius 3 is 2.52 bits per heavy atom. The van der Waals surface area contributed by atoms with Crippen LogP contribution in [0.25, 0.3) is 16.8 Å². The quantitative estimate of drug-likeness (QED) is 0.542. The third-order valence-electron chi connectivity index (χ3n) is 4.44. The zero-order chi connectivity index (χ0) is 22.7. The molecule has 0 aliphatic rings. The van der Waals surface area contributed by atoms with E-state index in [0.29, 0.717) is 0 Å². The second-order valence-electron chi connectivity index (χ2n) is 6.41. The van der Waals surface area contributed by atoms with Crippen molar-refractivity contribution < 1.29 is 13.2 Å². The number of hydrogen-bond donors (Lipinski definition) is 0. The molecule has 0 aliphatic carbocycles. The Labute approximate surface area is 183 Å². The molecule has 0 amide bonds. The van der Waals surface area contributed by atoms with Gasteiger partial charge in [0.25, 0.3) is 5.56 Å². The standard InChI is InChI=1S/C20H13Cl2F3N4O2/c21-12-8-13(10-27-9-12)29-19(30)18(11-1-2-15(23)14(22)7-11)16(3-4-17(24)25)28(6-5-26)20(29)31/h1-2,7-10,17H,3-4,6H2. The van der Waals surface area contributed by atoms with E-state index in [9.17, 15) is 28.0 Å². The summed E-state index contributed by atoms with van der Waals surface area (Å²) in [6.45, 7) is -0.506. The van der Waals surface area contributed by atoms with Gasteiger partial charge in [0, 0.05) is 18.3 Å². The van der Waals surface area contributed by atoms with Gasteiger partial charge < -0.3 is 0 Å². The number of hydrogen-bond acceptors (Lipinski definition) is 4. The van der Waals surface area contributed by atoms with Crippen LogP contribution >= 0.6 is 23.2 Å². The smallest absolute Gasteiger partial charge is 0.283 e. The molecule has 0 unspecified atom stereocenters. The Kier molecular flexibility index (Phi) is 6.83. The third-order valence-corrected chi connectivity index (χ3v) is 4.93. The summed E-state index contributed by atoms with van der Waals surface area (Å²) in [5.74, 6) is -0.746. The minimum atomic E-state index is -2.71. The molecule has 2 aromatic heterocycles. The first-order chi connectivity index (χ1) is 14.7. The Hall–Kier alpha value is -3.09. The zero-order valence-corrected chi connectivity index (χ0v) is 17.2. The normalized spacial score (nSPS) is 11.0. The number of halogens is 5. The Balaban J connectivity index is 2.44. The summed E-state index contributed by atoms with van der Waals surface area (Å²) in [7, 11) is 0. The van der Waals surface area contributed by atoms with Crippen molar-refractivity contribution in [1.29, 1.82) is 5.26 Å². The molecule has 0 fully saturated rings. The maximum absolute atomic E-state index is 13.7. The van der Waals surface area contributed by atoms with Gasteiger partial charge in [-0.1, -0.05) is 29.3 Å². The fraction of sp³-hybridized carbons (Fsp3) is 0.200. The molecule has 0 bridgehead atoms. The van der Waals surface area contributed by atoms with Gasteiger partial charge in [-0.15, -0.1) is 0 Å². The van der Waals surface area contributed by atoms with Gasteiger partial charge in [0.15, 0.2) is 0 Å². The predicted molar refractivity (Wildman–Crippen MR) is 109 cm³/mol. The highest BCUT2D eigenvalue weighted by Gasteiger charge is 2.23. The molecule has 160 valence electrons. The van der Waals surface area contributed by atoms with E-state index in [2.05, 4.69) is 4.98 Å². The molecule has 31 heavy (non-hydrogen) atoms. The van der Waals surface area contributed by atoms with Gasteiger partial charge in [-0.25, -0.2) is 22.5 Å². The summed E-state index contributed by atoms with van der Waals surface area (Å²) in [5, 5.41) is 9.06. The van der Waals surface area contributed by atoms with Crippen LogP contribution in [0.2, 0.25) is 10.0 Å². The molecule has 2 heterocycles. The highest BCUT2D eigenvalue weighted by molar-refractivity contribution is 6.31. The van der Waals surface area contributed by atoms with E-state index < -0.39 is 36.5 Å². The summed E-state index contributed by atoms with van der Waals surface area (Å²) < 4.78 is 41.2. The van der Waals surface area contributed by atoms with E-state index in [0.717, 1.165) is 21.3 Å². The van der Waals surface area contributed by atoms with Gasteiger partial charge in [-0.2, -0.15) is 5.26 Å². The van der Waals surface area contributed by atoms with Gasteiger partial charge >= 0.3 is 5.69 Å². The number of nitrogens with zero attached hydrogens (tertiary/aromatic N) is 4. The molecule has 0 atom stereocenters. The van der Waals surface area contributed by atoms with Crippen molar-refractivity contribution in [2.24, 2.45) is 0 Å². The van der Waals surface area contributed by atoms with Crippen LogP contribution in [0.4, 0.5) is 13.2 Å². The molecule has 0 radical (unpaired) electrons. The average molecular weight is 469 g/mol. The zero-order valence-electron chi connectivity index (χ0n) is 15.7. The first-order valence-electron chi connectivity index (χ1n) is 8.84. The molecule has 3 aromatic rings. The average Bonchev–Trinajstić information content (AvgIpc) is 2.71. The summed E-state index contributed by atoms with van der Waals surface area (Å²) in [5.41, 5.74) is -1.89. The molecular weight excluding hydrogens is 456 g/mol. The van der Waals surface area contributed by atoms with Crippen molar-refractivity contribution in [1.82, 2.24) is 14.1 Å². The van der Waals surface area contributed by atoms with E-state index in [4.69, 9.17) is 23.2 Å². The van der Waals surface area contributed by atoms with E-state index in [1.165, 1.54) is 24.5 Å². The molecule has 0 N–H and O–H groups in total. The highest BCUT2D eigenvalue weighted by Crippen LogP contribution is 2.26. The largest absolute Gasteiger partial charge is 0.336 e. The van der Waals surface area contributed by atoms with E-state index in [1.807, 2.05) is 0 Å². The number of pyridine rings is 1. The van der Waals surface area contributed by atoms with Crippen molar-refractivity contribution in [3.8, 4) is 22.9 Å². The van der Waals surface area contributed by atoms with Gasteiger partial charge in [0.2, 0.25) is 6.43 Å². The maximum Gasteiger partial charge on any atom is 0.336 e. The number of aromatic nitrogens is 3. The van der Waals surface area contributed by atoms with Gasteiger partial charge in [0.1, 0.15) is 12.4 Å². The number of rotatable bonds is 6. The van der Waals surface area contributed by atoms with Crippen LogP contribution in [0.5, 0.6) is 0 Å². The van der Waals surface area contributed by atoms with Crippen LogP contribution in [0.3, 0.4) is 0 Å². The predicted octanol–water partition coefficient (Wildman–Crippen LogP) is 4.23. The summed E-state index contributed by atoms with van der Waals surface area (Å²) in [6, 6.07) is 6.52. The minimum absolute atomic E-state index is 0.0176. The molecule has 0 spiro atoms. The van der Waals surface area contributed by atoms with Crippen LogP contribution in [0, 0.1) is 17.1 Å². The second-order valence-corrected chi connectivity index (χ2v) is 7.25. The molecule has 1 aromatic carbocycles. The van der Waals surface area contributed by atoms with Crippen molar-refractivity contribution >= 4 is 23.2 Å². The second kappa shape index (κ2) is 9.37. The molecule has 0 aliphatic heterocycles. The van der Waals surface area contributed by atoms with E-state index in [-0.39, 0.29) is 39.0 Å². The Bertz CT molecular complexity index is 1300. The third kappa shape index (κ3) is 4.65. The van der Waals surface area contributed by atoms with Crippen LogP contribution in [0.15, 0.2) is 46.2 Å². The first kappa shape index (κ1) is 22.6.